The van der Waals surface area contributed by atoms with Crippen molar-refractivity contribution < 1.29 is 0 Å². The van der Waals surface area contributed by atoms with Crippen LogP contribution in [-0.2, 0) is 6.54 Å². The summed E-state index contributed by atoms with van der Waals surface area (Å²) in [7, 11) is 0. The fraction of sp³-hybridized carbons (Fsp3) is 0.500. The van der Waals surface area contributed by atoms with Crippen LogP contribution in [0.15, 0.2) is 24.9 Å². The Morgan fingerprint density at radius 3 is 2.83 bits per heavy atom. The summed E-state index contributed by atoms with van der Waals surface area (Å²) in [5.41, 5.74) is 0. The molecule has 0 aliphatic heterocycles. The first-order chi connectivity index (χ1) is 8.65. The van der Waals surface area contributed by atoms with Crippen molar-refractivity contribution in [3.05, 3.63) is 30.7 Å². The van der Waals surface area contributed by atoms with Gasteiger partial charge in [0, 0.05) is 18.2 Å². The molecule has 0 aromatic carbocycles. The molecule has 2 heterocycles. The first-order valence-corrected chi connectivity index (χ1v) is 6.07. The van der Waals surface area contributed by atoms with E-state index in [0.29, 0.717) is 5.92 Å². The molecule has 0 amide bonds. The molecule has 96 valence electrons. The number of aromatic nitrogens is 5. The van der Waals surface area contributed by atoms with E-state index in [1.165, 1.54) is 6.33 Å². The van der Waals surface area contributed by atoms with Crippen LogP contribution in [0.25, 0.3) is 0 Å². The van der Waals surface area contributed by atoms with E-state index in [1.54, 1.807) is 17.2 Å². The van der Waals surface area contributed by atoms with Gasteiger partial charge in [-0.3, -0.25) is 4.68 Å². The Labute approximate surface area is 106 Å². The third-order valence-electron chi connectivity index (χ3n) is 2.51. The van der Waals surface area contributed by atoms with Gasteiger partial charge in [0.1, 0.15) is 24.3 Å². The van der Waals surface area contributed by atoms with Gasteiger partial charge in [-0.25, -0.2) is 15.0 Å². The maximum Gasteiger partial charge on any atom is 0.137 e. The highest BCUT2D eigenvalue weighted by atomic mass is 15.3. The van der Waals surface area contributed by atoms with Crippen LogP contribution in [0.3, 0.4) is 0 Å². The molecule has 0 aliphatic carbocycles. The molecule has 0 aliphatic rings. The van der Waals surface area contributed by atoms with Crippen molar-refractivity contribution in [3.63, 3.8) is 0 Å². The summed E-state index contributed by atoms with van der Waals surface area (Å²) >= 11 is 0. The fourth-order valence-electron chi connectivity index (χ4n) is 1.64. The van der Waals surface area contributed by atoms with E-state index in [1.807, 2.05) is 6.07 Å². The van der Waals surface area contributed by atoms with Gasteiger partial charge in [-0.1, -0.05) is 13.8 Å². The lowest BCUT2D eigenvalue weighted by atomic mass is 10.2. The van der Waals surface area contributed by atoms with Crippen molar-refractivity contribution in [2.24, 2.45) is 0 Å². The van der Waals surface area contributed by atoms with Crippen LogP contribution in [0, 0.1) is 0 Å². The van der Waals surface area contributed by atoms with Gasteiger partial charge in [0.2, 0.25) is 0 Å². The van der Waals surface area contributed by atoms with Gasteiger partial charge in [0.15, 0.2) is 0 Å². The average molecular weight is 246 g/mol. The van der Waals surface area contributed by atoms with Gasteiger partial charge in [-0.05, 0) is 13.0 Å². The number of rotatable bonds is 5. The Morgan fingerprint density at radius 2 is 2.17 bits per heavy atom. The maximum atomic E-state index is 4.47. The van der Waals surface area contributed by atoms with E-state index in [2.05, 4.69) is 46.1 Å². The Bertz CT molecular complexity index is 479. The first kappa shape index (κ1) is 12.5. The quantitative estimate of drug-likeness (QED) is 0.869. The summed E-state index contributed by atoms with van der Waals surface area (Å²) in [6, 6.07) is 2.10. The predicted octanol–water partition coefficient (Wildman–Crippen LogP) is 1.69. The van der Waals surface area contributed by atoms with Crippen LogP contribution in [0.4, 0.5) is 5.82 Å². The Balaban J connectivity index is 1.98. The molecule has 1 unspecified atom stereocenters. The number of anilines is 1. The fourth-order valence-corrected chi connectivity index (χ4v) is 1.64. The lowest BCUT2D eigenvalue weighted by Crippen LogP contribution is -2.23. The molecule has 0 fully saturated rings. The zero-order chi connectivity index (χ0) is 13.0. The van der Waals surface area contributed by atoms with Crippen molar-refractivity contribution in [3.8, 4) is 0 Å². The Hall–Kier alpha value is -1.98. The highest BCUT2D eigenvalue weighted by molar-refractivity contribution is 5.34. The lowest BCUT2D eigenvalue weighted by molar-refractivity contribution is 0.558. The monoisotopic (exact) mass is 246 g/mol. The summed E-state index contributed by atoms with van der Waals surface area (Å²) in [6.45, 7) is 7.00. The molecule has 1 atom stereocenters. The maximum absolute atomic E-state index is 4.47. The smallest absolute Gasteiger partial charge is 0.137 e. The second kappa shape index (κ2) is 5.57. The second-order valence-electron chi connectivity index (χ2n) is 4.62. The molecular formula is C12H18N6. The zero-order valence-electron chi connectivity index (χ0n) is 10.9. The second-order valence-corrected chi connectivity index (χ2v) is 4.62. The van der Waals surface area contributed by atoms with E-state index >= 15 is 0 Å². The minimum Gasteiger partial charge on any atom is -0.366 e. The molecule has 0 spiro atoms. The van der Waals surface area contributed by atoms with Gasteiger partial charge in [-0.15, -0.1) is 0 Å². The topological polar surface area (TPSA) is 68.5 Å². The van der Waals surface area contributed by atoms with Gasteiger partial charge >= 0.3 is 0 Å². The molecular weight excluding hydrogens is 228 g/mol. The van der Waals surface area contributed by atoms with Crippen LogP contribution in [0.1, 0.15) is 32.5 Å². The van der Waals surface area contributed by atoms with Crippen molar-refractivity contribution in [1.82, 2.24) is 24.7 Å². The molecule has 1 N–H and O–H groups in total. The van der Waals surface area contributed by atoms with Gasteiger partial charge < -0.3 is 5.32 Å². The van der Waals surface area contributed by atoms with Crippen LogP contribution in [-0.4, -0.2) is 30.8 Å². The third-order valence-corrected chi connectivity index (χ3v) is 2.51. The minimum atomic E-state index is 0.224. The van der Waals surface area contributed by atoms with Crippen LogP contribution in [0.5, 0.6) is 0 Å². The highest BCUT2D eigenvalue weighted by Crippen LogP contribution is 2.11. The molecule has 0 bridgehead atoms. The van der Waals surface area contributed by atoms with E-state index < -0.39 is 0 Å². The predicted molar refractivity (Wildman–Crippen MR) is 69.2 cm³/mol. The molecule has 2 aromatic rings. The van der Waals surface area contributed by atoms with Crippen molar-refractivity contribution >= 4 is 5.82 Å². The van der Waals surface area contributed by atoms with Crippen LogP contribution in [0.2, 0.25) is 0 Å². The summed E-state index contributed by atoms with van der Waals surface area (Å²) in [6.07, 6.45) is 5.03. The van der Waals surface area contributed by atoms with Crippen molar-refractivity contribution in [2.45, 2.75) is 39.3 Å². The summed E-state index contributed by atoms with van der Waals surface area (Å²) in [5.74, 6) is 2.03. The van der Waals surface area contributed by atoms with E-state index in [4.69, 9.17) is 0 Å². The molecule has 6 nitrogen and oxygen atoms in total. The molecule has 18 heavy (non-hydrogen) atoms. The molecule has 2 aromatic heterocycles. The summed E-state index contributed by atoms with van der Waals surface area (Å²) < 4.78 is 1.79. The van der Waals surface area contributed by atoms with Gasteiger partial charge in [0.25, 0.3) is 0 Å². The average Bonchev–Trinajstić information content (AvgIpc) is 2.82. The van der Waals surface area contributed by atoms with Gasteiger partial charge in [-0.2, -0.15) is 5.10 Å². The molecule has 2 rings (SSSR count). The summed E-state index contributed by atoms with van der Waals surface area (Å²) in [4.78, 5) is 12.6. The third kappa shape index (κ3) is 3.26. The normalized spacial score (nSPS) is 12.7. The Morgan fingerprint density at radius 1 is 1.33 bits per heavy atom. The molecule has 0 saturated carbocycles. The van der Waals surface area contributed by atoms with Crippen LogP contribution < -0.4 is 5.32 Å². The number of nitrogens with one attached hydrogen (secondary N) is 1. The first-order valence-electron chi connectivity index (χ1n) is 6.07. The highest BCUT2D eigenvalue weighted by Gasteiger charge is 2.07. The molecule has 0 saturated heterocycles. The lowest BCUT2D eigenvalue weighted by Gasteiger charge is -2.15. The van der Waals surface area contributed by atoms with Gasteiger partial charge in [0.05, 0.1) is 6.54 Å². The summed E-state index contributed by atoms with van der Waals surface area (Å²) in [5, 5.41) is 7.41. The number of hydrogen-bond donors (Lipinski definition) is 1. The van der Waals surface area contributed by atoms with Crippen molar-refractivity contribution in [2.75, 3.05) is 5.32 Å². The van der Waals surface area contributed by atoms with Crippen LogP contribution >= 0.6 is 0 Å². The Kier molecular flexibility index (Phi) is 3.86. The van der Waals surface area contributed by atoms with Crippen molar-refractivity contribution in [1.29, 1.82) is 0 Å². The van der Waals surface area contributed by atoms with E-state index in [0.717, 1.165) is 18.2 Å². The molecule has 6 heteroatoms. The minimum absolute atomic E-state index is 0.224. The molecule has 0 radical (unpaired) electrons. The van der Waals surface area contributed by atoms with E-state index in [9.17, 15) is 0 Å². The zero-order valence-corrected chi connectivity index (χ0v) is 10.9. The van der Waals surface area contributed by atoms with E-state index in [-0.39, 0.29) is 6.04 Å². The largest absolute Gasteiger partial charge is 0.366 e. The standard InChI is InChI=1S/C12H18N6/c1-9(2)12-14-5-4-11(17-12)16-10(3)6-18-8-13-7-15-18/h4-5,7-10H,6H2,1-3H3,(H,14,16,17). The number of hydrogen-bond acceptors (Lipinski definition) is 5. The number of nitrogens with zero attached hydrogens (tertiary/aromatic N) is 5. The SMILES string of the molecule is CC(Cn1cncn1)Nc1ccnc(C(C)C)n1.